The molecule has 0 aliphatic heterocycles. The Morgan fingerprint density at radius 3 is 2.50 bits per heavy atom. The fraction of sp³-hybridized carbons (Fsp3) is 1.00. The molecule has 0 aromatic rings. The SMILES string of the molecule is CCCC(COC)NCCC(C)(C)O. The quantitative estimate of drug-likeness (QED) is 0.629. The molecule has 0 saturated carbocycles. The van der Waals surface area contributed by atoms with Gasteiger partial charge in [0, 0.05) is 13.2 Å². The van der Waals surface area contributed by atoms with Crippen LogP contribution in [0.2, 0.25) is 0 Å². The van der Waals surface area contributed by atoms with Gasteiger partial charge in [-0.1, -0.05) is 13.3 Å². The van der Waals surface area contributed by atoms with Crippen LogP contribution in [-0.4, -0.2) is 37.0 Å². The average Bonchev–Trinajstić information content (AvgIpc) is 2.02. The number of ether oxygens (including phenoxy) is 1. The average molecular weight is 203 g/mol. The number of hydrogen-bond donors (Lipinski definition) is 2. The van der Waals surface area contributed by atoms with Crippen LogP contribution in [0.25, 0.3) is 0 Å². The van der Waals surface area contributed by atoms with Gasteiger partial charge in [0.1, 0.15) is 0 Å². The van der Waals surface area contributed by atoms with Gasteiger partial charge in [-0.05, 0) is 33.2 Å². The van der Waals surface area contributed by atoms with Crippen LogP contribution >= 0.6 is 0 Å². The molecule has 3 heteroatoms. The Morgan fingerprint density at radius 2 is 2.07 bits per heavy atom. The van der Waals surface area contributed by atoms with Crippen molar-refractivity contribution in [1.29, 1.82) is 0 Å². The van der Waals surface area contributed by atoms with E-state index in [1.165, 1.54) is 0 Å². The van der Waals surface area contributed by atoms with Crippen molar-refractivity contribution in [3.63, 3.8) is 0 Å². The van der Waals surface area contributed by atoms with Crippen molar-refractivity contribution in [3.8, 4) is 0 Å². The van der Waals surface area contributed by atoms with Crippen molar-refractivity contribution in [2.75, 3.05) is 20.3 Å². The van der Waals surface area contributed by atoms with Crippen molar-refractivity contribution < 1.29 is 9.84 Å². The van der Waals surface area contributed by atoms with Crippen molar-refractivity contribution in [1.82, 2.24) is 5.32 Å². The molecule has 1 atom stereocenters. The lowest BCUT2D eigenvalue weighted by Gasteiger charge is -2.21. The van der Waals surface area contributed by atoms with Crippen molar-refractivity contribution in [3.05, 3.63) is 0 Å². The number of methoxy groups -OCH3 is 1. The van der Waals surface area contributed by atoms with Gasteiger partial charge in [0.05, 0.1) is 12.2 Å². The Morgan fingerprint density at radius 1 is 1.43 bits per heavy atom. The van der Waals surface area contributed by atoms with Crippen molar-refractivity contribution >= 4 is 0 Å². The molecule has 86 valence electrons. The second-order valence-electron chi connectivity index (χ2n) is 4.46. The fourth-order valence-electron chi connectivity index (χ4n) is 1.38. The van der Waals surface area contributed by atoms with E-state index in [1.54, 1.807) is 7.11 Å². The fourth-order valence-corrected chi connectivity index (χ4v) is 1.38. The van der Waals surface area contributed by atoms with E-state index in [0.29, 0.717) is 6.04 Å². The molecule has 14 heavy (non-hydrogen) atoms. The highest BCUT2D eigenvalue weighted by molar-refractivity contribution is 4.70. The molecule has 0 aliphatic carbocycles. The van der Waals surface area contributed by atoms with Crippen LogP contribution in [0.15, 0.2) is 0 Å². The summed E-state index contributed by atoms with van der Waals surface area (Å²) in [6, 6.07) is 0.423. The first-order chi connectivity index (χ1) is 6.49. The van der Waals surface area contributed by atoms with Crippen LogP contribution in [0, 0.1) is 0 Å². The van der Waals surface area contributed by atoms with Gasteiger partial charge in [0.2, 0.25) is 0 Å². The standard InChI is InChI=1S/C11H25NO2/c1-5-6-10(9-14-4)12-8-7-11(2,3)13/h10,12-13H,5-9H2,1-4H3. The first-order valence-corrected chi connectivity index (χ1v) is 5.44. The Labute approximate surface area is 87.8 Å². The summed E-state index contributed by atoms with van der Waals surface area (Å²) < 4.78 is 5.11. The van der Waals surface area contributed by atoms with Crippen LogP contribution in [0.1, 0.15) is 40.0 Å². The molecule has 0 aromatic carbocycles. The molecule has 0 amide bonds. The summed E-state index contributed by atoms with van der Waals surface area (Å²) in [7, 11) is 1.72. The molecular formula is C11H25NO2. The molecule has 1 unspecified atom stereocenters. The maximum Gasteiger partial charge on any atom is 0.0615 e. The van der Waals surface area contributed by atoms with Crippen LogP contribution in [0.3, 0.4) is 0 Å². The lowest BCUT2D eigenvalue weighted by Crippen LogP contribution is -2.36. The van der Waals surface area contributed by atoms with Crippen molar-refractivity contribution in [2.24, 2.45) is 0 Å². The predicted octanol–water partition coefficient (Wildman–Crippen LogP) is 1.55. The third kappa shape index (κ3) is 8.48. The highest BCUT2D eigenvalue weighted by Gasteiger charge is 2.13. The summed E-state index contributed by atoms with van der Waals surface area (Å²) in [6.45, 7) is 7.43. The Balaban J connectivity index is 3.60. The molecule has 2 N–H and O–H groups in total. The number of rotatable bonds is 8. The molecule has 0 rings (SSSR count). The van der Waals surface area contributed by atoms with Gasteiger partial charge in [-0.2, -0.15) is 0 Å². The minimum absolute atomic E-state index is 0.423. The lowest BCUT2D eigenvalue weighted by atomic mass is 10.1. The first kappa shape index (κ1) is 13.9. The summed E-state index contributed by atoms with van der Waals surface area (Å²) in [5, 5.41) is 12.9. The summed E-state index contributed by atoms with van der Waals surface area (Å²) in [5.41, 5.74) is -0.573. The van der Waals surface area contributed by atoms with E-state index in [0.717, 1.165) is 32.4 Å². The molecule has 0 bridgehead atoms. The van der Waals surface area contributed by atoms with Crippen LogP contribution in [-0.2, 0) is 4.74 Å². The van der Waals surface area contributed by atoms with Gasteiger partial charge in [0.15, 0.2) is 0 Å². The Hall–Kier alpha value is -0.120. The Bertz CT molecular complexity index is 126. The van der Waals surface area contributed by atoms with E-state index in [9.17, 15) is 5.11 Å². The monoisotopic (exact) mass is 203 g/mol. The summed E-state index contributed by atoms with van der Waals surface area (Å²) in [6.07, 6.45) is 3.06. The topological polar surface area (TPSA) is 41.5 Å². The molecule has 0 aromatic heterocycles. The molecule has 3 nitrogen and oxygen atoms in total. The van der Waals surface area contributed by atoms with Gasteiger partial charge < -0.3 is 15.2 Å². The highest BCUT2D eigenvalue weighted by Crippen LogP contribution is 2.06. The minimum Gasteiger partial charge on any atom is -0.390 e. The van der Waals surface area contributed by atoms with Gasteiger partial charge in [-0.25, -0.2) is 0 Å². The summed E-state index contributed by atoms with van der Waals surface area (Å²) in [4.78, 5) is 0. The lowest BCUT2D eigenvalue weighted by molar-refractivity contribution is 0.0683. The molecule has 0 aliphatic rings. The third-order valence-electron chi connectivity index (χ3n) is 2.17. The molecule has 0 spiro atoms. The zero-order valence-corrected chi connectivity index (χ0v) is 9.97. The van der Waals surface area contributed by atoms with Crippen LogP contribution < -0.4 is 5.32 Å². The number of nitrogens with one attached hydrogen (secondary N) is 1. The van der Waals surface area contributed by atoms with E-state index in [4.69, 9.17) is 4.74 Å². The first-order valence-electron chi connectivity index (χ1n) is 5.44. The van der Waals surface area contributed by atoms with E-state index in [-0.39, 0.29) is 0 Å². The summed E-state index contributed by atoms with van der Waals surface area (Å²) >= 11 is 0. The second-order valence-corrected chi connectivity index (χ2v) is 4.46. The molecular weight excluding hydrogens is 178 g/mol. The second kappa shape index (κ2) is 7.21. The third-order valence-corrected chi connectivity index (χ3v) is 2.17. The normalized spacial score (nSPS) is 14.4. The zero-order valence-electron chi connectivity index (χ0n) is 9.97. The minimum atomic E-state index is -0.573. The van der Waals surface area contributed by atoms with Gasteiger partial charge >= 0.3 is 0 Å². The van der Waals surface area contributed by atoms with Gasteiger partial charge in [-0.15, -0.1) is 0 Å². The van der Waals surface area contributed by atoms with Crippen LogP contribution in [0.5, 0.6) is 0 Å². The van der Waals surface area contributed by atoms with Gasteiger partial charge in [-0.3, -0.25) is 0 Å². The maximum absolute atomic E-state index is 9.52. The molecule has 0 saturated heterocycles. The highest BCUT2D eigenvalue weighted by atomic mass is 16.5. The molecule has 0 radical (unpaired) electrons. The summed E-state index contributed by atoms with van der Waals surface area (Å²) in [5.74, 6) is 0. The van der Waals surface area contributed by atoms with E-state index < -0.39 is 5.60 Å². The molecule has 0 fully saturated rings. The molecule has 0 heterocycles. The van der Waals surface area contributed by atoms with E-state index >= 15 is 0 Å². The Kier molecular flexibility index (Phi) is 7.15. The van der Waals surface area contributed by atoms with Crippen LogP contribution in [0.4, 0.5) is 0 Å². The maximum atomic E-state index is 9.52. The largest absolute Gasteiger partial charge is 0.390 e. The van der Waals surface area contributed by atoms with E-state index in [1.807, 2.05) is 13.8 Å². The smallest absolute Gasteiger partial charge is 0.0615 e. The predicted molar refractivity (Wildman–Crippen MR) is 59.5 cm³/mol. The zero-order chi connectivity index (χ0) is 11.0. The van der Waals surface area contributed by atoms with E-state index in [2.05, 4.69) is 12.2 Å². The number of aliphatic hydroxyl groups is 1. The van der Waals surface area contributed by atoms with Gasteiger partial charge in [0.25, 0.3) is 0 Å². The van der Waals surface area contributed by atoms with Crippen molar-refractivity contribution in [2.45, 2.75) is 51.7 Å². The number of hydrogen-bond acceptors (Lipinski definition) is 3.